The topological polar surface area (TPSA) is 49.7 Å². The molecule has 6 atom stereocenters. The van der Waals surface area contributed by atoms with Crippen LogP contribution in [-0.4, -0.2) is 17.1 Å². The average Bonchev–Trinajstić information content (AvgIpc) is 2.99. The second-order valence-electron chi connectivity index (χ2n) is 10.9. The van der Waals surface area contributed by atoms with Crippen molar-refractivity contribution in [1.82, 2.24) is 0 Å². The number of phenols is 1. The molecule has 4 aliphatic rings. The summed E-state index contributed by atoms with van der Waals surface area (Å²) in [6.45, 7) is 4.95. The Kier molecular flexibility index (Phi) is 4.91. The van der Waals surface area contributed by atoms with Crippen LogP contribution in [0.4, 0.5) is 5.69 Å². The second-order valence-corrected chi connectivity index (χ2v) is 10.9. The molecular weight excluding hydrogens is 370 g/mol. The number of aliphatic imine (C=N–C) groups is 1. The molecule has 0 amide bonds. The highest BCUT2D eigenvalue weighted by molar-refractivity contribution is 6.02. The number of ketones is 1. The van der Waals surface area contributed by atoms with Crippen molar-refractivity contribution in [2.75, 3.05) is 0 Å². The van der Waals surface area contributed by atoms with Crippen molar-refractivity contribution in [3.63, 3.8) is 0 Å². The van der Waals surface area contributed by atoms with E-state index in [9.17, 15) is 9.90 Å². The molecule has 0 aliphatic heterocycles. The maximum Gasteiger partial charge on any atom is 0.159 e. The number of aromatic hydroxyl groups is 1. The van der Waals surface area contributed by atoms with E-state index < -0.39 is 0 Å². The summed E-state index contributed by atoms with van der Waals surface area (Å²) in [6, 6.07) is 6.86. The van der Waals surface area contributed by atoms with E-state index in [0.717, 1.165) is 35.9 Å². The first-order valence-electron chi connectivity index (χ1n) is 12.0. The van der Waals surface area contributed by atoms with Crippen LogP contribution in [0.5, 0.6) is 5.75 Å². The van der Waals surface area contributed by atoms with Gasteiger partial charge in [0.1, 0.15) is 5.75 Å². The lowest BCUT2D eigenvalue weighted by Gasteiger charge is -2.59. The molecule has 0 bridgehead atoms. The number of hydrogen-bond acceptors (Lipinski definition) is 3. The van der Waals surface area contributed by atoms with Crippen LogP contribution in [-0.2, 0) is 4.79 Å². The number of hydrogen-bond donors (Lipinski definition) is 1. The molecule has 3 heteroatoms. The minimum Gasteiger partial charge on any atom is -0.508 e. The van der Waals surface area contributed by atoms with E-state index in [2.05, 4.69) is 18.8 Å². The van der Waals surface area contributed by atoms with Gasteiger partial charge in [0.2, 0.25) is 0 Å². The van der Waals surface area contributed by atoms with Gasteiger partial charge in [0.15, 0.2) is 5.78 Å². The molecule has 4 saturated carbocycles. The lowest BCUT2D eigenvalue weighted by atomic mass is 9.45. The SMILES string of the molecule is C[C@]12CCCC[C@@H]1CC[C@@H]1[C@@H]2CC[C@]2(C)/C(=C/C=Nc3ccc(O)cc3)C(=O)C[C@@H]12. The van der Waals surface area contributed by atoms with Gasteiger partial charge in [0, 0.05) is 18.2 Å². The van der Waals surface area contributed by atoms with Gasteiger partial charge in [-0.15, -0.1) is 0 Å². The number of Topliss-reactive ketones (excluding diaryl/α,β-unsaturated/α-hetero) is 1. The lowest BCUT2D eigenvalue weighted by molar-refractivity contribution is -0.116. The van der Waals surface area contributed by atoms with Crippen LogP contribution in [0.25, 0.3) is 0 Å². The van der Waals surface area contributed by atoms with Crippen molar-refractivity contribution in [3.8, 4) is 5.75 Å². The Balaban J connectivity index is 1.40. The summed E-state index contributed by atoms with van der Waals surface area (Å²) in [4.78, 5) is 17.6. The molecule has 5 rings (SSSR count). The first kappa shape index (κ1) is 20.0. The van der Waals surface area contributed by atoms with Crippen molar-refractivity contribution < 1.29 is 9.90 Å². The van der Waals surface area contributed by atoms with Crippen molar-refractivity contribution in [2.24, 2.45) is 39.5 Å². The Labute approximate surface area is 180 Å². The summed E-state index contributed by atoms with van der Waals surface area (Å²) >= 11 is 0. The van der Waals surface area contributed by atoms with Gasteiger partial charge in [0.05, 0.1) is 5.69 Å². The maximum atomic E-state index is 13.1. The molecule has 0 heterocycles. The number of carbonyl (C=O) groups is 1. The number of allylic oxidation sites excluding steroid dienone is 2. The molecule has 4 aliphatic carbocycles. The molecule has 4 fully saturated rings. The Morgan fingerprint density at radius 2 is 1.80 bits per heavy atom. The normalized spacial score (nSPS) is 42.2. The van der Waals surface area contributed by atoms with Crippen LogP contribution in [0.1, 0.15) is 71.6 Å². The molecule has 30 heavy (non-hydrogen) atoms. The predicted octanol–water partition coefficient (Wildman–Crippen LogP) is 6.63. The summed E-state index contributed by atoms with van der Waals surface area (Å²) in [6.07, 6.45) is 15.3. The molecule has 0 spiro atoms. The zero-order valence-corrected chi connectivity index (χ0v) is 18.4. The minimum absolute atomic E-state index is 0.0110. The third-order valence-corrected chi connectivity index (χ3v) is 9.61. The molecule has 1 aromatic carbocycles. The maximum absolute atomic E-state index is 13.1. The molecule has 0 saturated heterocycles. The Morgan fingerprint density at radius 3 is 2.60 bits per heavy atom. The first-order chi connectivity index (χ1) is 14.4. The standard InChI is InChI=1S/C27H35NO2/c1-26-14-4-3-5-18(26)6-11-21-22(26)12-15-27(2)23(25(30)17-24(21)27)13-16-28-19-7-9-20(29)10-8-19/h7-10,13,16,18,21-22,24,29H,3-6,11-12,14-15,17H2,1-2H3/b23-13+,28-16?/t18-,21-,22+,24+,26+,27-/m1/s1. The van der Waals surface area contributed by atoms with Crippen LogP contribution in [0.3, 0.4) is 0 Å². The van der Waals surface area contributed by atoms with Crippen LogP contribution < -0.4 is 0 Å². The van der Waals surface area contributed by atoms with E-state index in [-0.39, 0.29) is 11.2 Å². The van der Waals surface area contributed by atoms with Gasteiger partial charge in [-0.25, -0.2) is 0 Å². The highest BCUT2D eigenvalue weighted by Crippen LogP contribution is 2.66. The van der Waals surface area contributed by atoms with Gasteiger partial charge >= 0.3 is 0 Å². The summed E-state index contributed by atoms with van der Waals surface area (Å²) in [5, 5.41) is 9.43. The molecule has 1 aromatic rings. The number of nitrogens with zero attached hydrogens (tertiary/aromatic N) is 1. The van der Waals surface area contributed by atoms with Crippen LogP contribution >= 0.6 is 0 Å². The van der Waals surface area contributed by atoms with Crippen LogP contribution in [0, 0.1) is 34.5 Å². The largest absolute Gasteiger partial charge is 0.508 e. The molecule has 0 radical (unpaired) electrons. The molecule has 0 aromatic heterocycles. The number of benzene rings is 1. The van der Waals surface area contributed by atoms with Crippen LogP contribution in [0.15, 0.2) is 40.9 Å². The lowest BCUT2D eigenvalue weighted by Crippen LogP contribution is -2.52. The summed E-state index contributed by atoms with van der Waals surface area (Å²) < 4.78 is 0. The average molecular weight is 406 g/mol. The number of rotatable bonds is 2. The van der Waals surface area contributed by atoms with E-state index in [4.69, 9.17) is 0 Å². The fourth-order valence-electron chi connectivity index (χ4n) is 7.97. The van der Waals surface area contributed by atoms with E-state index in [1.54, 1.807) is 30.5 Å². The highest BCUT2D eigenvalue weighted by atomic mass is 16.3. The summed E-state index contributed by atoms with van der Waals surface area (Å²) in [7, 11) is 0. The highest BCUT2D eigenvalue weighted by Gasteiger charge is 2.60. The van der Waals surface area contributed by atoms with Crippen LogP contribution in [0.2, 0.25) is 0 Å². The summed E-state index contributed by atoms with van der Waals surface area (Å²) in [5.41, 5.74) is 2.32. The molecule has 160 valence electrons. The third kappa shape index (κ3) is 3.08. The molecule has 0 unspecified atom stereocenters. The van der Waals surface area contributed by atoms with Gasteiger partial charge in [0.25, 0.3) is 0 Å². The smallest absolute Gasteiger partial charge is 0.159 e. The third-order valence-electron chi connectivity index (χ3n) is 9.61. The first-order valence-corrected chi connectivity index (χ1v) is 12.0. The molecular formula is C27H35NO2. The quantitative estimate of drug-likeness (QED) is 0.443. The zero-order valence-electron chi connectivity index (χ0n) is 18.4. The zero-order chi connectivity index (χ0) is 20.9. The predicted molar refractivity (Wildman–Crippen MR) is 121 cm³/mol. The van der Waals surface area contributed by atoms with Gasteiger partial charge in [-0.05, 0) is 103 Å². The van der Waals surface area contributed by atoms with E-state index >= 15 is 0 Å². The Bertz CT molecular complexity index is 885. The van der Waals surface area contributed by atoms with Gasteiger partial charge in [-0.2, -0.15) is 0 Å². The number of carbonyl (C=O) groups excluding carboxylic acids is 1. The Hall–Kier alpha value is -1.90. The van der Waals surface area contributed by atoms with E-state index in [1.165, 1.54) is 44.9 Å². The molecule has 3 nitrogen and oxygen atoms in total. The van der Waals surface area contributed by atoms with E-state index in [0.29, 0.717) is 23.0 Å². The van der Waals surface area contributed by atoms with Crippen molar-refractivity contribution in [3.05, 3.63) is 35.9 Å². The second kappa shape index (κ2) is 7.35. The number of fused-ring (bicyclic) bond motifs is 5. The van der Waals surface area contributed by atoms with Crippen molar-refractivity contribution >= 4 is 17.7 Å². The summed E-state index contributed by atoms with van der Waals surface area (Å²) in [5.74, 6) is 3.54. The van der Waals surface area contributed by atoms with E-state index in [1.807, 2.05) is 6.08 Å². The minimum atomic E-state index is 0.0110. The van der Waals surface area contributed by atoms with Gasteiger partial charge in [-0.3, -0.25) is 9.79 Å². The van der Waals surface area contributed by atoms with Crippen molar-refractivity contribution in [2.45, 2.75) is 71.6 Å². The molecule has 1 N–H and O–H groups in total. The Morgan fingerprint density at radius 1 is 1.00 bits per heavy atom. The fraction of sp³-hybridized carbons (Fsp3) is 0.630. The van der Waals surface area contributed by atoms with Crippen molar-refractivity contribution in [1.29, 1.82) is 0 Å². The van der Waals surface area contributed by atoms with Gasteiger partial charge < -0.3 is 5.11 Å². The fourth-order valence-corrected chi connectivity index (χ4v) is 7.97. The van der Waals surface area contributed by atoms with Gasteiger partial charge in [-0.1, -0.05) is 26.7 Å². The monoisotopic (exact) mass is 405 g/mol. The number of phenolic OH excluding ortho intramolecular Hbond substituents is 1.